The first-order valence-corrected chi connectivity index (χ1v) is 10.9. The Labute approximate surface area is 202 Å². The topological polar surface area (TPSA) is 61.8 Å². The van der Waals surface area contributed by atoms with E-state index in [1.54, 1.807) is 48.5 Å². The van der Waals surface area contributed by atoms with E-state index in [1.165, 1.54) is 5.69 Å². The van der Waals surface area contributed by atoms with E-state index in [9.17, 15) is 9.59 Å². The molecule has 3 aromatic rings. The predicted octanol–water partition coefficient (Wildman–Crippen LogP) is 5.29. The van der Waals surface area contributed by atoms with Crippen molar-refractivity contribution in [2.24, 2.45) is 0 Å². The molecule has 6 nitrogen and oxygen atoms in total. The summed E-state index contributed by atoms with van der Waals surface area (Å²) in [5.41, 5.74) is 2.60. The quantitative estimate of drug-likeness (QED) is 0.176. The molecule has 0 aliphatic rings. The minimum Gasteiger partial charge on any atom is -0.493 e. The van der Waals surface area contributed by atoms with E-state index in [4.69, 9.17) is 14.2 Å². The number of carbonyl (C=O) groups is 2. The Morgan fingerprint density at radius 1 is 0.765 bits per heavy atom. The van der Waals surface area contributed by atoms with Gasteiger partial charge < -0.3 is 14.2 Å². The molecule has 0 saturated carbocycles. The van der Waals surface area contributed by atoms with E-state index < -0.39 is 5.97 Å². The molecular weight excluding hydrogens is 430 g/mol. The molecule has 0 fully saturated rings. The van der Waals surface area contributed by atoms with Crippen LogP contribution < -0.4 is 14.0 Å². The molecule has 0 saturated heterocycles. The molecule has 0 amide bonds. The summed E-state index contributed by atoms with van der Waals surface area (Å²) >= 11 is 0. The highest BCUT2D eigenvalue weighted by atomic mass is 16.5. The van der Waals surface area contributed by atoms with Crippen molar-refractivity contribution in [2.75, 3.05) is 34.4 Å². The second-order valence-electron chi connectivity index (χ2n) is 8.51. The molecule has 6 heteroatoms. The molecule has 0 bridgehead atoms. The Hall–Kier alpha value is -3.64. The number of rotatable bonds is 10. The third-order valence-corrected chi connectivity index (χ3v) is 4.92. The smallest absolute Gasteiger partial charge is 0.343 e. The minimum absolute atomic E-state index is 0. The average molecular weight is 465 g/mol. The molecular formula is C28H34NO5+. The maximum atomic E-state index is 12.1. The molecule has 34 heavy (non-hydrogen) atoms. The first-order chi connectivity index (χ1) is 15.8. The summed E-state index contributed by atoms with van der Waals surface area (Å²) in [7, 11) is 6.29. The Balaban J connectivity index is 0.00000408. The molecule has 0 aliphatic carbocycles. The fraction of sp³-hybridized carbons (Fsp3) is 0.286. The van der Waals surface area contributed by atoms with Gasteiger partial charge in [0.15, 0.2) is 0 Å². The van der Waals surface area contributed by atoms with Gasteiger partial charge in [0.05, 0.1) is 46.3 Å². The number of carbonyl (C=O) groups excluding carboxylic acids is 2. The number of ether oxygens (including phenoxy) is 3. The zero-order valence-electron chi connectivity index (χ0n) is 19.3. The summed E-state index contributed by atoms with van der Waals surface area (Å²) in [4.78, 5) is 24.1. The lowest BCUT2D eigenvalue weighted by Crippen LogP contribution is -2.34. The van der Waals surface area contributed by atoms with Crippen LogP contribution in [0.4, 0.5) is 5.69 Å². The van der Waals surface area contributed by atoms with E-state index in [0.29, 0.717) is 36.7 Å². The maximum absolute atomic E-state index is 12.1. The van der Waals surface area contributed by atoms with Gasteiger partial charge in [-0.3, -0.25) is 9.28 Å². The number of hydrogen-bond acceptors (Lipinski definition) is 5. The van der Waals surface area contributed by atoms with Gasteiger partial charge in [0.2, 0.25) is 0 Å². The van der Waals surface area contributed by atoms with Gasteiger partial charge in [-0.1, -0.05) is 37.8 Å². The van der Waals surface area contributed by atoms with Gasteiger partial charge in [0.1, 0.15) is 17.2 Å². The monoisotopic (exact) mass is 464 g/mol. The molecule has 180 valence electrons. The van der Waals surface area contributed by atoms with Crippen LogP contribution in [0, 0.1) is 0 Å². The highest BCUT2D eigenvalue weighted by Crippen LogP contribution is 2.19. The van der Waals surface area contributed by atoms with Crippen molar-refractivity contribution in [1.29, 1.82) is 0 Å². The molecule has 3 rings (SSSR count). The highest BCUT2D eigenvalue weighted by molar-refractivity contribution is 5.90. The maximum Gasteiger partial charge on any atom is 0.343 e. The van der Waals surface area contributed by atoms with Crippen LogP contribution in [-0.2, 0) is 16.0 Å². The number of benzene rings is 3. The van der Waals surface area contributed by atoms with Crippen molar-refractivity contribution < 1.29 is 23.8 Å². The molecule has 0 unspecified atom stereocenters. The predicted molar refractivity (Wildman–Crippen MR) is 135 cm³/mol. The van der Waals surface area contributed by atoms with Gasteiger partial charge >= 0.3 is 11.9 Å². The van der Waals surface area contributed by atoms with Crippen LogP contribution in [0.1, 0.15) is 29.8 Å². The lowest BCUT2D eigenvalue weighted by molar-refractivity contribution is -0.143. The number of nitrogens with zero attached hydrogens (tertiary/aromatic N) is 1. The summed E-state index contributed by atoms with van der Waals surface area (Å²) in [5.74, 6) is 0.436. The van der Waals surface area contributed by atoms with Gasteiger partial charge in [-0.15, -0.1) is 0 Å². The van der Waals surface area contributed by atoms with Crippen molar-refractivity contribution in [3.05, 3.63) is 90.0 Å². The lowest BCUT2D eigenvalue weighted by Gasteiger charge is -2.23. The number of quaternary nitrogens is 1. The van der Waals surface area contributed by atoms with Gasteiger partial charge in [-0.25, -0.2) is 4.79 Å². The van der Waals surface area contributed by atoms with Gasteiger partial charge in [0.25, 0.3) is 0 Å². The number of esters is 2. The van der Waals surface area contributed by atoms with Crippen molar-refractivity contribution in [3.63, 3.8) is 0 Å². The second kappa shape index (κ2) is 12.6. The molecule has 0 radical (unpaired) electrons. The molecule has 0 heterocycles. The van der Waals surface area contributed by atoms with Gasteiger partial charge in [-0.05, 0) is 54.1 Å². The SMILES string of the molecule is C.C[N+](C)(C)c1ccc(CC(=O)OCCCOc2ccc(OC(=O)c3ccccc3)cc2)cc1. The van der Waals surface area contributed by atoms with Crippen LogP contribution in [0.5, 0.6) is 11.5 Å². The largest absolute Gasteiger partial charge is 0.493 e. The first-order valence-electron chi connectivity index (χ1n) is 10.9. The van der Waals surface area contributed by atoms with Crippen molar-refractivity contribution in [2.45, 2.75) is 20.3 Å². The zero-order chi connectivity index (χ0) is 23.7. The van der Waals surface area contributed by atoms with E-state index in [0.717, 1.165) is 10.0 Å². The fourth-order valence-corrected chi connectivity index (χ4v) is 3.06. The van der Waals surface area contributed by atoms with Crippen LogP contribution in [0.15, 0.2) is 78.9 Å². The molecule has 0 aliphatic heterocycles. The third-order valence-electron chi connectivity index (χ3n) is 4.92. The van der Waals surface area contributed by atoms with E-state index in [2.05, 4.69) is 21.1 Å². The summed E-state index contributed by atoms with van der Waals surface area (Å²) in [5, 5.41) is 0. The third kappa shape index (κ3) is 8.37. The van der Waals surface area contributed by atoms with Crippen molar-refractivity contribution in [1.82, 2.24) is 4.48 Å². The van der Waals surface area contributed by atoms with E-state index >= 15 is 0 Å². The average Bonchev–Trinajstić information content (AvgIpc) is 2.80. The van der Waals surface area contributed by atoms with E-state index in [1.807, 2.05) is 30.3 Å². The lowest BCUT2D eigenvalue weighted by atomic mass is 10.1. The summed E-state index contributed by atoms with van der Waals surface area (Å²) in [6.45, 7) is 0.706. The van der Waals surface area contributed by atoms with E-state index in [-0.39, 0.29) is 19.8 Å². The number of hydrogen-bond donors (Lipinski definition) is 0. The van der Waals surface area contributed by atoms with Crippen molar-refractivity contribution >= 4 is 17.6 Å². The van der Waals surface area contributed by atoms with Crippen molar-refractivity contribution in [3.8, 4) is 11.5 Å². The zero-order valence-corrected chi connectivity index (χ0v) is 19.3. The Morgan fingerprint density at radius 3 is 2.00 bits per heavy atom. The molecule has 3 aromatic carbocycles. The summed E-state index contributed by atoms with van der Waals surface area (Å²) in [6, 6.07) is 23.6. The second-order valence-corrected chi connectivity index (χ2v) is 8.51. The molecule has 0 aromatic heterocycles. The van der Waals surface area contributed by atoms with Crippen LogP contribution in [-0.4, -0.2) is 46.3 Å². The van der Waals surface area contributed by atoms with Gasteiger partial charge in [0, 0.05) is 6.42 Å². The highest BCUT2D eigenvalue weighted by Gasteiger charge is 2.12. The standard InChI is InChI=1S/C27H30NO5.CH4/c1-28(2,3)23-12-10-21(11-13-23)20-26(29)32-19-7-18-31-24-14-16-25(17-15-24)33-27(30)22-8-5-4-6-9-22;/h4-6,8-17H,7,18-20H2,1-3H3;1H4/q+1;. The summed E-state index contributed by atoms with van der Waals surface area (Å²) < 4.78 is 17.0. The minimum atomic E-state index is -0.407. The fourth-order valence-electron chi connectivity index (χ4n) is 3.06. The summed E-state index contributed by atoms with van der Waals surface area (Å²) in [6.07, 6.45) is 0.832. The van der Waals surface area contributed by atoms with Crippen LogP contribution in [0.2, 0.25) is 0 Å². The normalized spacial score (nSPS) is 10.7. The van der Waals surface area contributed by atoms with Crippen LogP contribution in [0.25, 0.3) is 0 Å². The van der Waals surface area contributed by atoms with Gasteiger partial charge in [-0.2, -0.15) is 0 Å². The van der Waals surface area contributed by atoms with Crippen LogP contribution >= 0.6 is 0 Å². The Bertz CT molecular complexity index is 1040. The molecule has 0 atom stereocenters. The Kier molecular flexibility index (Phi) is 9.83. The Morgan fingerprint density at radius 2 is 1.38 bits per heavy atom. The first kappa shape index (κ1) is 26.6. The molecule has 0 spiro atoms. The van der Waals surface area contributed by atoms with Crippen LogP contribution in [0.3, 0.4) is 0 Å². The molecule has 0 N–H and O–H groups in total.